The Bertz CT molecular complexity index is 745. The normalized spacial score (nSPS) is 12.0. The largest absolute Gasteiger partial charge is 0.350 e. The topological polar surface area (TPSA) is 75.5 Å². The van der Waals surface area contributed by atoms with Gasteiger partial charge < -0.3 is 10.2 Å². The summed E-state index contributed by atoms with van der Waals surface area (Å²) in [6.07, 6.45) is 0.808. The summed E-state index contributed by atoms with van der Waals surface area (Å²) in [7, 11) is 3.94. The summed E-state index contributed by atoms with van der Waals surface area (Å²) in [5.74, 6) is -0.291. The van der Waals surface area contributed by atoms with Gasteiger partial charge in [-0.15, -0.1) is 0 Å². The zero-order valence-corrected chi connectivity index (χ0v) is 14.7. The Labute approximate surface area is 147 Å². The van der Waals surface area contributed by atoms with Crippen LogP contribution in [0.4, 0.5) is 5.69 Å². The van der Waals surface area contributed by atoms with Crippen LogP contribution in [0.15, 0.2) is 48.5 Å². The predicted octanol–water partition coefficient (Wildman–Crippen LogP) is 2.81. The highest BCUT2D eigenvalue weighted by Crippen LogP contribution is 2.21. The second-order valence-corrected chi connectivity index (χ2v) is 6.22. The molecule has 25 heavy (non-hydrogen) atoms. The number of amides is 1. The summed E-state index contributed by atoms with van der Waals surface area (Å²) in [4.78, 5) is 25.1. The van der Waals surface area contributed by atoms with E-state index in [0.29, 0.717) is 17.7 Å². The molecule has 132 valence electrons. The highest BCUT2D eigenvalue weighted by molar-refractivity contribution is 5.96. The van der Waals surface area contributed by atoms with Crippen LogP contribution in [0.2, 0.25) is 0 Å². The van der Waals surface area contributed by atoms with Gasteiger partial charge in [0.2, 0.25) is 0 Å². The molecule has 2 aromatic rings. The SMILES string of the molecule is Cc1c(C(=O)NCC(Cc2ccccc2)N(C)C)cccc1[N+](=O)[O-]. The Morgan fingerprint density at radius 1 is 1.16 bits per heavy atom. The number of nitrogens with zero attached hydrogens (tertiary/aromatic N) is 2. The highest BCUT2D eigenvalue weighted by Gasteiger charge is 2.19. The number of benzene rings is 2. The summed E-state index contributed by atoms with van der Waals surface area (Å²) in [6, 6.07) is 14.8. The monoisotopic (exact) mass is 341 g/mol. The molecule has 0 bridgehead atoms. The van der Waals surface area contributed by atoms with Crippen molar-refractivity contribution in [2.45, 2.75) is 19.4 Å². The van der Waals surface area contributed by atoms with Gasteiger partial charge in [-0.1, -0.05) is 36.4 Å². The van der Waals surface area contributed by atoms with Crippen LogP contribution in [0.1, 0.15) is 21.5 Å². The Morgan fingerprint density at radius 2 is 1.84 bits per heavy atom. The highest BCUT2D eigenvalue weighted by atomic mass is 16.6. The van der Waals surface area contributed by atoms with E-state index in [1.54, 1.807) is 13.0 Å². The molecule has 6 heteroatoms. The van der Waals surface area contributed by atoms with Crippen LogP contribution in [-0.2, 0) is 6.42 Å². The van der Waals surface area contributed by atoms with Crippen molar-refractivity contribution < 1.29 is 9.72 Å². The van der Waals surface area contributed by atoms with Crippen molar-refractivity contribution in [1.29, 1.82) is 0 Å². The number of hydrogen-bond acceptors (Lipinski definition) is 4. The second kappa shape index (κ2) is 8.39. The number of nitrogens with one attached hydrogen (secondary N) is 1. The van der Waals surface area contributed by atoms with E-state index < -0.39 is 4.92 Å². The third-order valence-electron chi connectivity index (χ3n) is 4.29. The number of rotatable bonds is 7. The average Bonchev–Trinajstić information content (AvgIpc) is 2.58. The molecule has 1 N–H and O–H groups in total. The molecule has 1 amide bonds. The molecule has 1 unspecified atom stereocenters. The molecule has 6 nitrogen and oxygen atoms in total. The molecule has 0 aliphatic rings. The lowest BCUT2D eigenvalue weighted by molar-refractivity contribution is -0.385. The molecule has 0 heterocycles. The summed E-state index contributed by atoms with van der Waals surface area (Å²) in [5, 5.41) is 13.9. The Hall–Kier alpha value is -2.73. The van der Waals surface area contributed by atoms with E-state index in [1.807, 2.05) is 32.3 Å². The minimum Gasteiger partial charge on any atom is -0.350 e. The molecule has 0 radical (unpaired) electrons. The maximum absolute atomic E-state index is 12.5. The van der Waals surface area contributed by atoms with Crippen LogP contribution in [0.3, 0.4) is 0 Å². The van der Waals surface area contributed by atoms with Crippen molar-refractivity contribution in [3.05, 3.63) is 75.3 Å². The number of carbonyl (C=O) groups excluding carboxylic acids is 1. The molecular weight excluding hydrogens is 318 g/mol. The first-order valence-corrected chi connectivity index (χ1v) is 8.12. The van der Waals surface area contributed by atoms with Crippen LogP contribution < -0.4 is 5.32 Å². The molecule has 0 aliphatic carbocycles. The average molecular weight is 341 g/mol. The molecule has 0 saturated heterocycles. The van der Waals surface area contributed by atoms with Gasteiger partial charge in [0.25, 0.3) is 11.6 Å². The van der Waals surface area contributed by atoms with E-state index >= 15 is 0 Å². The Morgan fingerprint density at radius 3 is 2.44 bits per heavy atom. The quantitative estimate of drug-likeness (QED) is 0.621. The van der Waals surface area contributed by atoms with Gasteiger partial charge in [0.05, 0.1) is 4.92 Å². The lowest BCUT2D eigenvalue weighted by atomic mass is 10.0. The van der Waals surface area contributed by atoms with E-state index in [2.05, 4.69) is 22.3 Å². The zero-order chi connectivity index (χ0) is 18.4. The lowest BCUT2D eigenvalue weighted by Crippen LogP contribution is -2.41. The van der Waals surface area contributed by atoms with E-state index in [4.69, 9.17) is 0 Å². The fraction of sp³-hybridized carbons (Fsp3) is 0.316. The minimum atomic E-state index is -0.468. The smallest absolute Gasteiger partial charge is 0.273 e. The maximum atomic E-state index is 12.5. The summed E-state index contributed by atoms with van der Waals surface area (Å²) < 4.78 is 0. The number of likely N-dealkylation sites (N-methyl/N-ethyl adjacent to an activating group) is 1. The Kier molecular flexibility index (Phi) is 6.25. The number of nitro groups is 1. The lowest BCUT2D eigenvalue weighted by Gasteiger charge is -2.25. The van der Waals surface area contributed by atoms with E-state index in [1.165, 1.54) is 17.7 Å². The van der Waals surface area contributed by atoms with E-state index in [9.17, 15) is 14.9 Å². The number of nitro benzene ring substituents is 1. The van der Waals surface area contributed by atoms with Crippen LogP contribution in [0, 0.1) is 17.0 Å². The molecule has 1 atom stereocenters. The fourth-order valence-electron chi connectivity index (χ4n) is 2.70. The molecule has 0 aromatic heterocycles. The second-order valence-electron chi connectivity index (χ2n) is 6.22. The maximum Gasteiger partial charge on any atom is 0.273 e. The first-order chi connectivity index (χ1) is 11.9. The standard InChI is InChI=1S/C19H23N3O3/c1-14-17(10-7-11-18(14)22(24)25)19(23)20-13-16(21(2)3)12-15-8-5-4-6-9-15/h4-11,16H,12-13H2,1-3H3,(H,20,23). The molecule has 2 rings (SSSR count). The zero-order valence-electron chi connectivity index (χ0n) is 14.7. The van der Waals surface area contributed by atoms with Gasteiger partial charge in [0.15, 0.2) is 0 Å². The van der Waals surface area contributed by atoms with Crippen molar-refractivity contribution >= 4 is 11.6 Å². The van der Waals surface area contributed by atoms with Crippen LogP contribution in [0.25, 0.3) is 0 Å². The van der Waals surface area contributed by atoms with Gasteiger partial charge in [-0.05, 0) is 39.1 Å². The summed E-state index contributed by atoms with van der Waals surface area (Å²) in [6.45, 7) is 2.06. The first-order valence-electron chi connectivity index (χ1n) is 8.12. The summed E-state index contributed by atoms with van der Waals surface area (Å²) in [5.41, 5.74) is 1.88. The predicted molar refractivity (Wildman–Crippen MR) is 97.8 cm³/mol. The molecule has 0 fully saturated rings. The minimum absolute atomic E-state index is 0.0407. The van der Waals surface area contributed by atoms with Gasteiger partial charge in [-0.3, -0.25) is 14.9 Å². The van der Waals surface area contributed by atoms with Crippen molar-refractivity contribution in [2.24, 2.45) is 0 Å². The molecule has 0 saturated carbocycles. The van der Waals surface area contributed by atoms with Gasteiger partial charge >= 0.3 is 0 Å². The first kappa shape index (κ1) is 18.6. The van der Waals surface area contributed by atoms with E-state index in [0.717, 1.165) is 6.42 Å². The molecule has 0 spiro atoms. The van der Waals surface area contributed by atoms with Crippen molar-refractivity contribution in [2.75, 3.05) is 20.6 Å². The third-order valence-corrected chi connectivity index (χ3v) is 4.29. The van der Waals surface area contributed by atoms with Gasteiger partial charge in [0.1, 0.15) is 0 Å². The van der Waals surface area contributed by atoms with Gasteiger partial charge in [-0.2, -0.15) is 0 Å². The number of carbonyl (C=O) groups is 1. The fourth-order valence-corrected chi connectivity index (χ4v) is 2.70. The van der Waals surface area contributed by atoms with Gasteiger partial charge in [-0.25, -0.2) is 0 Å². The van der Waals surface area contributed by atoms with E-state index in [-0.39, 0.29) is 17.6 Å². The van der Waals surface area contributed by atoms with Crippen molar-refractivity contribution in [3.8, 4) is 0 Å². The molecular formula is C19H23N3O3. The third kappa shape index (κ3) is 4.87. The van der Waals surface area contributed by atoms with Crippen molar-refractivity contribution in [3.63, 3.8) is 0 Å². The number of hydrogen-bond donors (Lipinski definition) is 1. The molecule has 0 aliphatic heterocycles. The van der Waals surface area contributed by atoms with Crippen LogP contribution >= 0.6 is 0 Å². The Balaban J connectivity index is 2.07. The molecule has 2 aromatic carbocycles. The van der Waals surface area contributed by atoms with Crippen LogP contribution in [0.5, 0.6) is 0 Å². The van der Waals surface area contributed by atoms with Crippen molar-refractivity contribution in [1.82, 2.24) is 10.2 Å². The summed E-state index contributed by atoms with van der Waals surface area (Å²) >= 11 is 0. The van der Waals surface area contributed by atoms with Gasteiger partial charge in [0, 0.05) is 29.8 Å². The van der Waals surface area contributed by atoms with Crippen LogP contribution in [-0.4, -0.2) is 42.4 Å².